The van der Waals surface area contributed by atoms with Crippen molar-refractivity contribution in [1.29, 1.82) is 5.41 Å². The van der Waals surface area contributed by atoms with E-state index in [1.165, 1.54) is 0 Å². The van der Waals surface area contributed by atoms with Crippen LogP contribution in [0.5, 0.6) is 0 Å². The summed E-state index contributed by atoms with van der Waals surface area (Å²) in [6, 6.07) is 9.64. The Morgan fingerprint density at radius 2 is 2.21 bits per heavy atom. The minimum Gasteiger partial charge on any atom is -0.384 e. The second kappa shape index (κ2) is 5.84. The number of benzene rings is 1. The Morgan fingerprint density at radius 3 is 2.84 bits per heavy atom. The molecule has 1 aromatic carbocycles. The molecule has 1 heterocycles. The van der Waals surface area contributed by atoms with Gasteiger partial charge in [0.1, 0.15) is 5.84 Å². The van der Waals surface area contributed by atoms with Crippen molar-refractivity contribution in [3.63, 3.8) is 0 Å². The number of anilines is 1. The van der Waals surface area contributed by atoms with Crippen molar-refractivity contribution in [3.05, 3.63) is 58.3 Å². The van der Waals surface area contributed by atoms with Gasteiger partial charge in [-0.05, 0) is 29.8 Å². The maximum atomic E-state index is 7.64. The normalized spacial score (nSPS) is 10.2. The molecular formula is C14H15BrN4. The summed E-state index contributed by atoms with van der Waals surface area (Å²) >= 11 is 3.45. The first-order chi connectivity index (χ1) is 9.08. The number of hydrogen-bond donors (Lipinski definition) is 2. The van der Waals surface area contributed by atoms with E-state index in [2.05, 4.69) is 25.8 Å². The van der Waals surface area contributed by atoms with Crippen LogP contribution in [-0.4, -0.2) is 17.9 Å². The van der Waals surface area contributed by atoms with Crippen molar-refractivity contribution in [3.8, 4) is 0 Å². The molecule has 5 heteroatoms. The zero-order chi connectivity index (χ0) is 13.8. The molecule has 19 heavy (non-hydrogen) atoms. The van der Waals surface area contributed by atoms with E-state index in [1.807, 2.05) is 43.6 Å². The second-order valence-electron chi connectivity index (χ2n) is 4.29. The minimum absolute atomic E-state index is 0.0699. The minimum atomic E-state index is 0.0699. The number of nitrogens with one attached hydrogen (secondary N) is 1. The molecule has 0 unspecified atom stereocenters. The summed E-state index contributed by atoms with van der Waals surface area (Å²) in [4.78, 5) is 6.16. The lowest BCUT2D eigenvalue weighted by Gasteiger charge is -2.22. The smallest absolute Gasteiger partial charge is 0.124 e. The van der Waals surface area contributed by atoms with Crippen molar-refractivity contribution in [2.45, 2.75) is 6.54 Å². The lowest BCUT2D eigenvalue weighted by molar-refractivity contribution is 0.913. The molecule has 2 aromatic rings. The highest BCUT2D eigenvalue weighted by Gasteiger charge is 2.11. The molecule has 0 radical (unpaired) electrons. The van der Waals surface area contributed by atoms with Crippen LogP contribution in [0.4, 0.5) is 5.69 Å². The molecule has 0 aliphatic heterocycles. The molecule has 0 spiro atoms. The molecule has 0 amide bonds. The summed E-state index contributed by atoms with van der Waals surface area (Å²) < 4.78 is 0.963. The van der Waals surface area contributed by atoms with Crippen LogP contribution in [0, 0.1) is 5.41 Å². The van der Waals surface area contributed by atoms with Gasteiger partial charge in [-0.2, -0.15) is 0 Å². The number of nitrogens with two attached hydrogens (primary N) is 1. The van der Waals surface area contributed by atoms with Crippen LogP contribution < -0.4 is 10.6 Å². The van der Waals surface area contributed by atoms with E-state index < -0.39 is 0 Å². The van der Waals surface area contributed by atoms with Crippen molar-refractivity contribution in [1.82, 2.24) is 4.98 Å². The number of aromatic nitrogens is 1. The Balaban J connectivity index is 2.30. The molecule has 1 aromatic heterocycles. The van der Waals surface area contributed by atoms with Crippen LogP contribution in [0.15, 0.2) is 47.2 Å². The molecule has 0 fully saturated rings. The van der Waals surface area contributed by atoms with Crippen molar-refractivity contribution < 1.29 is 0 Å². The second-order valence-corrected chi connectivity index (χ2v) is 5.21. The standard InChI is InChI=1S/C14H15BrN4/c1-19(9-10-3-2-6-18-8-10)13-7-11(15)4-5-12(13)14(16)17/h2-8H,9H2,1H3,(H3,16,17). The Kier molecular flexibility index (Phi) is 4.16. The summed E-state index contributed by atoms with van der Waals surface area (Å²) in [5.41, 5.74) is 8.39. The highest BCUT2D eigenvalue weighted by Crippen LogP contribution is 2.25. The summed E-state index contributed by atoms with van der Waals surface area (Å²) in [5, 5.41) is 7.64. The lowest BCUT2D eigenvalue weighted by atomic mass is 10.1. The van der Waals surface area contributed by atoms with Crippen molar-refractivity contribution >= 4 is 27.5 Å². The zero-order valence-electron chi connectivity index (χ0n) is 10.6. The molecular weight excluding hydrogens is 304 g/mol. The van der Waals surface area contributed by atoms with Gasteiger partial charge in [0.25, 0.3) is 0 Å². The van der Waals surface area contributed by atoms with Crippen LogP contribution in [-0.2, 0) is 6.54 Å². The van der Waals surface area contributed by atoms with Gasteiger partial charge >= 0.3 is 0 Å². The molecule has 3 N–H and O–H groups in total. The van der Waals surface area contributed by atoms with Gasteiger partial charge in [0.05, 0.1) is 0 Å². The highest BCUT2D eigenvalue weighted by molar-refractivity contribution is 9.10. The molecule has 0 bridgehead atoms. The number of nitrogen functional groups attached to an aromatic ring is 1. The first-order valence-corrected chi connectivity index (χ1v) is 6.61. The van der Waals surface area contributed by atoms with E-state index in [4.69, 9.17) is 11.1 Å². The molecule has 0 saturated heterocycles. The summed E-state index contributed by atoms with van der Waals surface area (Å²) in [5.74, 6) is 0.0699. The van der Waals surface area contributed by atoms with Gasteiger partial charge in [0.15, 0.2) is 0 Å². The van der Waals surface area contributed by atoms with Crippen LogP contribution in [0.25, 0.3) is 0 Å². The SMILES string of the molecule is CN(Cc1cccnc1)c1cc(Br)ccc1C(=N)N. The number of hydrogen-bond acceptors (Lipinski definition) is 3. The topological polar surface area (TPSA) is 66.0 Å². The fourth-order valence-electron chi connectivity index (χ4n) is 1.90. The Hall–Kier alpha value is -1.88. The van der Waals surface area contributed by atoms with Gasteiger partial charge in [-0.25, -0.2) is 0 Å². The average molecular weight is 319 g/mol. The number of halogens is 1. The predicted molar refractivity (Wildman–Crippen MR) is 81.5 cm³/mol. The number of amidine groups is 1. The van der Waals surface area contributed by atoms with Crippen molar-refractivity contribution in [2.75, 3.05) is 11.9 Å². The third kappa shape index (κ3) is 3.32. The molecule has 2 rings (SSSR count). The van der Waals surface area contributed by atoms with E-state index in [1.54, 1.807) is 6.20 Å². The summed E-state index contributed by atoms with van der Waals surface area (Å²) in [6.07, 6.45) is 3.59. The van der Waals surface area contributed by atoms with E-state index in [9.17, 15) is 0 Å². The Morgan fingerprint density at radius 1 is 1.42 bits per heavy atom. The average Bonchev–Trinajstić information content (AvgIpc) is 2.39. The highest BCUT2D eigenvalue weighted by atomic mass is 79.9. The quantitative estimate of drug-likeness (QED) is 0.673. The first kappa shape index (κ1) is 13.5. The molecule has 0 aliphatic rings. The number of rotatable bonds is 4. The van der Waals surface area contributed by atoms with Gasteiger partial charge in [-0.3, -0.25) is 10.4 Å². The van der Waals surface area contributed by atoms with Gasteiger partial charge in [0.2, 0.25) is 0 Å². The number of pyridine rings is 1. The zero-order valence-corrected chi connectivity index (χ0v) is 12.2. The van der Waals surface area contributed by atoms with Gasteiger partial charge in [-0.1, -0.05) is 22.0 Å². The van der Waals surface area contributed by atoms with Crippen molar-refractivity contribution in [2.24, 2.45) is 5.73 Å². The fourth-order valence-corrected chi connectivity index (χ4v) is 2.25. The van der Waals surface area contributed by atoms with E-state index in [-0.39, 0.29) is 5.84 Å². The number of nitrogens with zero attached hydrogens (tertiary/aromatic N) is 2. The Bertz CT molecular complexity index is 583. The monoisotopic (exact) mass is 318 g/mol. The van der Waals surface area contributed by atoms with E-state index in [0.717, 1.165) is 21.3 Å². The largest absolute Gasteiger partial charge is 0.384 e. The Labute approximate surface area is 120 Å². The van der Waals surface area contributed by atoms with Crippen LogP contribution in [0.1, 0.15) is 11.1 Å². The molecule has 0 atom stereocenters. The summed E-state index contributed by atoms with van der Waals surface area (Å²) in [7, 11) is 1.97. The maximum Gasteiger partial charge on any atom is 0.124 e. The van der Waals surface area contributed by atoms with E-state index in [0.29, 0.717) is 6.54 Å². The molecule has 98 valence electrons. The van der Waals surface area contributed by atoms with Gasteiger partial charge in [0, 0.05) is 41.7 Å². The third-order valence-electron chi connectivity index (χ3n) is 2.80. The molecule has 0 aliphatic carbocycles. The predicted octanol–water partition coefficient (Wildman–Crippen LogP) is 2.76. The van der Waals surface area contributed by atoms with Crippen LogP contribution in [0.2, 0.25) is 0 Å². The lowest BCUT2D eigenvalue weighted by Crippen LogP contribution is -2.22. The first-order valence-electron chi connectivity index (χ1n) is 5.82. The van der Waals surface area contributed by atoms with Crippen LogP contribution in [0.3, 0.4) is 0 Å². The third-order valence-corrected chi connectivity index (χ3v) is 3.30. The van der Waals surface area contributed by atoms with Gasteiger partial charge in [-0.15, -0.1) is 0 Å². The molecule has 0 saturated carbocycles. The fraction of sp³-hybridized carbons (Fsp3) is 0.143. The van der Waals surface area contributed by atoms with Gasteiger partial charge < -0.3 is 10.6 Å². The molecule has 4 nitrogen and oxygen atoms in total. The summed E-state index contributed by atoms with van der Waals surface area (Å²) in [6.45, 7) is 0.713. The maximum absolute atomic E-state index is 7.64. The van der Waals surface area contributed by atoms with Crippen LogP contribution >= 0.6 is 15.9 Å². The van der Waals surface area contributed by atoms with E-state index >= 15 is 0 Å².